The molecule has 4 fully saturated rings. The van der Waals surface area contributed by atoms with Gasteiger partial charge in [0.1, 0.15) is 6.61 Å². The first-order valence-corrected chi connectivity index (χ1v) is 7.45. The van der Waals surface area contributed by atoms with Crippen LogP contribution in [0.1, 0.15) is 39.5 Å². The number of hydrogen-bond acceptors (Lipinski definition) is 2. The molecule has 0 amide bonds. The molecule has 0 heterocycles. The van der Waals surface area contributed by atoms with Gasteiger partial charge in [-0.05, 0) is 62.2 Å². The van der Waals surface area contributed by atoms with Crippen LogP contribution in [0.3, 0.4) is 0 Å². The van der Waals surface area contributed by atoms with Crippen LogP contribution in [0.4, 0.5) is 8.78 Å². The van der Waals surface area contributed by atoms with Crippen molar-refractivity contribution >= 4 is 0 Å². The largest absolute Gasteiger partial charge is 0.390 e. The number of ether oxygens (including phenoxy) is 1. The van der Waals surface area contributed by atoms with E-state index < -0.39 is 18.1 Å². The second-order valence-corrected chi connectivity index (χ2v) is 7.35. The van der Waals surface area contributed by atoms with Crippen molar-refractivity contribution in [1.82, 2.24) is 0 Å². The van der Waals surface area contributed by atoms with Crippen LogP contribution < -0.4 is 0 Å². The molecular formula is C15H24F2O2. The number of halogens is 2. The summed E-state index contributed by atoms with van der Waals surface area (Å²) >= 11 is 0. The zero-order chi connectivity index (χ0) is 13.8. The summed E-state index contributed by atoms with van der Waals surface area (Å²) in [4.78, 5) is 0. The maximum atomic E-state index is 12.8. The van der Waals surface area contributed by atoms with Crippen molar-refractivity contribution in [3.05, 3.63) is 0 Å². The number of rotatable bonds is 4. The molecule has 4 bridgehead atoms. The van der Waals surface area contributed by atoms with E-state index in [2.05, 4.69) is 0 Å². The Labute approximate surface area is 113 Å². The van der Waals surface area contributed by atoms with Crippen LogP contribution >= 0.6 is 0 Å². The minimum Gasteiger partial charge on any atom is -0.390 e. The van der Waals surface area contributed by atoms with E-state index in [0.717, 1.165) is 32.1 Å². The predicted molar refractivity (Wildman–Crippen MR) is 68.0 cm³/mol. The van der Waals surface area contributed by atoms with Gasteiger partial charge in [0.15, 0.2) is 0 Å². The molecule has 0 aliphatic heterocycles. The zero-order valence-corrected chi connectivity index (χ0v) is 11.7. The summed E-state index contributed by atoms with van der Waals surface area (Å²) in [5.41, 5.74) is -0.615. The SMILES string of the molecule is CC(F)(F)COCC1C2CC3CC(C2)C(C)(O)C1C3. The molecule has 4 aliphatic carbocycles. The topological polar surface area (TPSA) is 29.5 Å². The lowest BCUT2D eigenvalue weighted by atomic mass is 9.46. The van der Waals surface area contributed by atoms with Gasteiger partial charge in [0.25, 0.3) is 5.92 Å². The highest BCUT2D eigenvalue weighted by Gasteiger charge is 2.58. The fourth-order valence-electron chi connectivity index (χ4n) is 4.97. The summed E-state index contributed by atoms with van der Waals surface area (Å²) in [7, 11) is 0. The van der Waals surface area contributed by atoms with E-state index in [0.29, 0.717) is 18.4 Å². The lowest BCUT2D eigenvalue weighted by Gasteiger charge is -2.61. The van der Waals surface area contributed by atoms with Gasteiger partial charge >= 0.3 is 0 Å². The quantitative estimate of drug-likeness (QED) is 0.853. The van der Waals surface area contributed by atoms with E-state index in [1.807, 2.05) is 6.92 Å². The van der Waals surface area contributed by atoms with E-state index in [1.165, 1.54) is 6.42 Å². The molecule has 0 aromatic heterocycles. The number of alkyl halides is 2. The van der Waals surface area contributed by atoms with Crippen molar-refractivity contribution in [3.8, 4) is 0 Å². The second kappa shape index (κ2) is 4.39. The highest BCUT2D eigenvalue weighted by atomic mass is 19.3. The average molecular weight is 274 g/mol. The first-order chi connectivity index (χ1) is 8.77. The molecule has 0 spiro atoms. The molecular weight excluding hydrogens is 250 g/mol. The summed E-state index contributed by atoms with van der Waals surface area (Å²) < 4.78 is 30.9. The van der Waals surface area contributed by atoms with Gasteiger partial charge in [0.05, 0.1) is 12.2 Å². The van der Waals surface area contributed by atoms with E-state index in [4.69, 9.17) is 4.74 Å². The van der Waals surface area contributed by atoms with Crippen LogP contribution in [0.25, 0.3) is 0 Å². The summed E-state index contributed by atoms with van der Waals surface area (Å²) in [6.45, 7) is 2.72. The zero-order valence-electron chi connectivity index (χ0n) is 11.7. The molecule has 0 saturated heterocycles. The Morgan fingerprint density at radius 3 is 2.68 bits per heavy atom. The van der Waals surface area contributed by atoms with E-state index in [1.54, 1.807) is 0 Å². The molecule has 4 aliphatic rings. The summed E-state index contributed by atoms with van der Waals surface area (Å²) in [6, 6.07) is 0. The summed E-state index contributed by atoms with van der Waals surface area (Å²) in [6.07, 6.45) is 4.47. The Hall–Kier alpha value is -0.220. The van der Waals surface area contributed by atoms with Crippen LogP contribution in [0.15, 0.2) is 0 Å². The van der Waals surface area contributed by atoms with Crippen molar-refractivity contribution in [1.29, 1.82) is 0 Å². The molecule has 2 nitrogen and oxygen atoms in total. The molecule has 0 radical (unpaired) electrons. The molecule has 4 heteroatoms. The van der Waals surface area contributed by atoms with Crippen molar-refractivity contribution in [3.63, 3.8) is 0 Å². The third-order valence-corrected chi connectivity index (χ3v) is 5.79. The molecule has 6 atom stereocenters. The summed E-state index contributed by atoms with van der Waals surface area (Å²) in [5.74, 6) is -0.502. The van der Waals surface area contributed by atoms with Gasteiger partial charge in [-0.1, -0.05) is 0 Å². The average Bonchev–Trinajstić information content (AvgIpc) is 2.27. The van der Waals surface area contributed by atoms with Gasteiger partial charge in [-0.2, -0.15) is 0 Å². The van der Waals surface area contributed by atoms with Crippen LogP contribution in [0, 0.1) is 29.6 Å². The molecule has 4 rings (SSSR count). The minimum absolute atomic E-state index is 0.245. The standard InChI is InChI=1S/C15H24F2O2/c1-14(16,17)8-19-7-12-10-3-9-4-11(6-10)15(2,18)13(12)5-9/h9-13,18H,3-8H2,1-2H3. The molecule has 0 aromatic carbocycles. The molecule has 4 saturated carbocycles. The van der Waals surface area contributed by atoms with E-state index in [9.17, 15) is 13.9 Å². The van der Waals surface area contributed by atoms with Crippen LogP contribution in [0.2, 0.25) is 0 Å². The Kier molecular flexibility index (Phi) is 3.17. The Morgan fingerprint density at radius 2 is 2.00 bits per heavy atom. The van der Waals surface area contributed by atoms with Gasteiger partial charge in [-0.25, -0.2) is 8.78 Å². The Morgan fingerprint density at radius 1 is 1.26 bits per heavy atom. The van der Waals surface area contributed by atoms with Crippen molar-refractivity contribution in [2.24, 2.45) is 29.6 Å². The van der Waals surface area contributed by atoms with Crippen molar-refractivity contribution in [2.75, 3.05) is 13.2 Å². The maximum absolute atomic E-state index is 12.8. The van der Waals surface area contributed by atoms with Gasteiger partial charge < -0.3 is 9.84 Å². The molecule has 110 valence electrons. The third kappa shape index (κ3) is 2.42. The van der Waals surface area contributed by atoms with Gasteiger partial charge in [0, 0.05) is 6.92 Å². The molecule has 6 unspecified atom stereocenters. The third-order valence-electron chi connectivity index (χ3n) is 5.79. The second-order valence-electron chi connectivity index (χ2n) is 7.35. The van der Waals surface area contributed by atoms with Crippen LogP contribution in [-0.2, 0) is 4.74 Å². The highest BCUT2D eigenvalue weighted by Crippen LogP contribution is 2.60. The minimum atomic E-state index is -2.76. The van der Waals surface area contributed by atoms with Gasteiger partial charge in [-0.3, -0.25) is 0 Å². The monoisotopic (exact) mass is 274 g/mol. The van der Waals surface area contributed by atoms with E-state index >= 15 is 0 Å². The maximum Gasteiger partial charge on any atom is 0.268 e. The van der Waals surface area contributed by atoms with Crippen LogP contribution in [-0.4, -0.2) is 29.8 Å². The smallest absolute Gasteiger partial charge is 0.268 e. The van der Waals surface area contributed by atoms with E-state index in [-0.39, 0.29) is 11.8 Å². The Balaban J connectivity index is 1.66. The molecule has 1 N–H and O–H groups in total. The first kappa shape index (κ1) is 13.7. The first-order valence-electron chi connectivity index (χ1n) is 7.45. The molecule has 0 aromatic rings. The van der Waals surface area contributed by atoms with Gasteiger partial charge in [0.2, 0.25) is 0 Å². The Bertz CT molecular complexity index is 351. The van der Waals surface area contributed by atoms with Gasteiger partial charge in [-0.15, -0.1) is 0 Å². The van der Waals surface area contributed by atoms with Crippen molar-refractivity contribution < 1.29 is 18.6 Å². The molecule has 19 heavy (non-hydrogen) atoms. The highest BCUT2D eigenvalue weighted by molar-refractivity contribution is 5.08. The normalized spacial score (nSPS) is 48.8. The summed E-state index contributed by atoms with van der Waals surface area (Å²) in [5, 5.41) is 10.7. The van der Waals surface area contributed by atoms with Crippen molar-refractivity contribution in [2.45, 2.75) is 51.1 Å². The number of hydrogen-bond donors (Lipinski definition) is 1. The fourth-order valence-corrected chi connectivity index (χ4v) is 4.97. The lowest BCUT2D eigenvalue weighted by Crippen LogP contribution is -2.61. The fraction of sp³-hybridized carbons (Fsp3) is 1.00. The lowest BCUT2D eigenvalue weighted by molar-refractivity contribution is -0.204. The number of aliphatic hydroxyl groups is 1. The predicted octanol–water partition coefficient (Wildman–Crippen LogP) is 3.09. The van der Waals surface area contributed by atoms with Crippen LogP contribution in [0.5, 0.6) is 0 Å².